The zero-order valence-corrected chi connectivity index (χ0v) is 18.4. The molecule has 1 atom stereocenters. The van der Waals surface area contributed by atoms with Crippen LogP contribution in [0.25, 0.3) is 5.00 Å². The van der Waals surface area contributed by atoms with Crippen LogP contribution < -0.4 is 11.0 Å². The molecule has 2 aromatic heterocycles. The van der Waals surface area contributed by atoms with Gasteiger partial charge in [-0.15, -0.1) is 11.3 Å². The van der Waals surface area contributed by atoms with Crippen molar-refractivity contribution in [3.63, 3.8) is 0 Å². The summed E-state index contributed by atoms with van der Waals surface area (Å²) in [7, 11) is 0. The normalized spacial score (nSPS) is 16.0. The van der Waals surface area contributed by atoms with Gasteiger partial charge in [0, 0.05) is 26.4 Å². The zero-order valence-electron chi connectivity index (χ0n) is 16.7. The van der Waals surface area contributed by atoms with Crippen molar-refractivity contribution in [1.82, 2.24) is 25.0 Å². The summed E-state index contributed by atoms with van der Waals surface area (Å²) in [6.45, 7) is 2.77. The van der Waals surface area contributed by atoms with Crippen molar-refractivity contribution >= 4 is 34.9 Å². The molecule has 2 aromatic rings. The Bertz CT molecular complexity index is 869. The topological polar surface area (TPSA) is 100 Å². The molecule has 10 heteroatoms. The Balaban J connectivity index is 1.59. The van der Waals surface area contributed by atoms with Gasteiger partial charge in [0.05, 0.1) is 0 Å². The predicted molar refractivity (Wildman–Crippen MR) is 116 cm³/mol. The molecule has 8 nitrogen and oxygen atoms in total. The molecule has 2 amide bonds. The van der Waals surface area contributed by atoms with E-state index in [4.69, 9.17) is 0 Å². The number of nitrogens with zero attached hydrogens (tertiary/aromatic N) is 3. The number of thioether (sulfide) groups is 1. The van der Waals surface area contributed by atoms with Crippen molar-refractivity contribution in [3.05, 3.63) is 33.8 Å². The molecule has 158 valence electrons. The Morgan fingerprint density at radius 2 is 2.17 bits per heavy atom. The predicted octanol–water partition coefficient (Wildman–Crippen LogP) is 1.66. The van der Waals surface area contributed by atoms with Crippen LogP contribution in [0.1, 0.15) is 32.0 Å². The molecule has 0 bridgehead atoms. The first kappa shape index (κ1) is 21.6. The number of hydrogen-bond acceptors (Lipinski definition) is 6. The number of likely N-dealkylation sites (tertiary alicyclic amines) is 1. The molecule has 0 aromatic carbocycles. The average molecular weight is 438 g/mol. The number of H-pyrrole nitrogens is 1. The van der Waals surface area contributed by atoms with Gasteiger partial charge in [-0.25, -0.2) is 14.5 Å². The lowest BCUT2D eigenvalue weighted by Crippen LogP contribution is -2.50. The number of aromatic amines is 1. The minimum atomic E-state index is -0.452. The largest absolute Gasteiger partial charge is 0.348 e. The van der Waals surface area contributed by atoms with E-state index in [0.29, 0.717) is 31.8 Å². The molecule has 0 radical (unpaired) electrons. The summed E-state index contributed by atoms with van der Waals surface area (Å²) in [4.78, 5) is 38.3. The summed E-state index contributed by atoms with van der Waals surface area (Å²) in [5.74, 6) is 1.75. The Morgan fingerprint density at radius 1 is 1.41 bits per heavy atom. The first-order valence-electron chi connectivity index (χ1n) is 9.74. The van der Waals surface area contributed by atoms with Crippen LogP contribution in [-0.2, 0) is 16.0 Å². The molecule has 3 rings (SSSR count). The number of rotatable bonds is 8. The summed E-state index contributed by atoms with van der Waals surface area (Å²) >= 11 is 3.17. The van der Waals surface area contributed by atoms with Gasteiger partial charge in [-0.1, -0.05) is 0 Å². The highest BCUT2D eigenvalue weighted by Gasteiger charge is 2.29. The van der Waals surface area contributed by atoms with Crippen LogP contribution in [0.15, 0.2) is 22.3 Å². The molecular weight excluding hydrogens is 410 g/mol. The number of aromatic nitrogens is 3. The molecule has 3 heterocycles. The van der Waals surface area contributed by atoms with E-state index in [1.807, 2.05) is 28.7 Å². The zero-order chi connectivity index (χ0) is 20.8. The maximum atomic E-state index is 12.9. The fourth-order valence-corrected chi connectivity index (χ4v) is 4.88. The summed E-state index contributed by atoms with van der Waals surface area (Å²) in [6, 6.07) is 3.37. The molecule has 0 aliphatic carbocycles. The standard InChI is InChI=1S/C19H27N5O3S2/c1-13(25)20-15(7-11-28-2)18(26)23-8-5-14(6-9-23)12-16-21-22-19(27)24(16)17-4-3-10-29-17/h3-4,10,14-15H,5-9,11-12H2,1-2H3,(H,20,25)(H,22,27). The number of amides is 2. The van der Waals surface area contributed by atoms with Crippen molar-refractivity contribution in [2.75, 3.05) is 25.1 Å². The van der Waals surface area contributed by atoms with E-state index in [9.17, 15) is 14.4 Å². The fraction of sp³-hybridized carbons (Fsp3) is 0.579. The van der Waals surface area contributed by atoms with Crippen molar-refractivity contribution in [1.29, 1.82) is 0 Å². The van der Waals surface area contributed by atoms with Gasteiger partial charge in [0.15, 0.2) is 0 Å². The summed E-state index contributed by atoms with van der Waals surface area (Å²) in [5.41, 5.74) is -0.220. The smallest absolute Gasteiger partial charge is 0.345 e. The summed E-state index contributed by atoms with van der Waals surface area (Å²) in [5, 5.41) is 12.4. The van der Waals surface area contributed by atoms with E-state index < -0.39 is 6.04 Å². The second kappa shape index (κ2) is 10.1. The Morgan fingerprint density at radius 3 is 2.79 bits per heavy atom. The van der Waals surface area contributed by atoms with Gasteiger partial charge in [0.25, 0.3) is 0 Å². The maximum absolute atomic E-state index is 12.9. The molecule has 1 aliphatic heterocycles. The molecule has 1 fully saturated rings. The van der Waals surface area contributed by atoms with Gasteiger partial charge < -0.3 is 10.2 Å². The molecule has 1 aliphatic rings. The van der Waals surface area contributed by atoms with Gasteiger partial charge in [-0.2, -0.15) is 16.9 Å². The highest BCUT2D eigenvalue weighted by atomic mass is 32.2. The third-order valence-electron chi connectivity index (χ3n) is 5.15. The number of hydrogen-bond donors (Lipinski definition) is 2. The number of piperidine rings is 1. The fourth-order valence-electron chi connectivity index (χ4n) is 3.67. The van der Waals surface area contributed by atoms with Crippen molar-refractivity contribution in [3.8, 4) is 5.00 Å². The van der Waals surface area contributed by atoms with Crippen LogP contribution in [0, 0.1) is 5.92 Å². The van der Waals surface area contributed by atoms with Gasteiger partial charge >= 0.3 is 5.69 Å². The second-order valence-corrected chi connectivity index (χ2v) is 9.15. The first-order chi connectivity index (χ1) is 14.0. The third-order valence-corrected chi connectivity index (χ3v) is 6.65. The Hall–Kier alpha value is -2.07. The van der Waals surface area contributed by atoms with Gasteiger partial charge in [-0.3, -0.25) is 9.59 Å². The van der Waals surface area contributed by atoms with E-state index in [2.05, 4.69) is 15.5 Å². The molecular formula is C19H27N5O3S2. The average Bonchev–Trinajstić information content (AvgIpc) is 3.34. The molecule has 29 heavy (non-hydrogen) atoms. The van der Waals surface area contributed by atoms with Crippen molar-refractivity contribution in [2.24, 2.45) is 5.92 Å². The van der Waals surface area contributed by atoms with E-state index in [-0.39, 0.29) is 17.5 Å². The summed E-state index contributed by atoms with van der Waals surface area (Å²) < 4.78 is 1.64. The molecule has 2 N–H and O–H groups in total. The second-order valence-electron chi connectivity index (χ2n) is 7.24. The number of carbonyl (C=O) groups excluding carboxylic acids is 2. The van der Waals surface area contributed by atoms with Crippen LogP contribution >= 0.6 is 23.1 Å². The molecule has 1 saturated heterocycles. The van der Waals surface area contributed by atoms with Gasteiger partial charge in [0.1, 0.15) is 16.9 Å². The third kappa shape index (κ3) is 5.51. The van der Waals surface area contributed by atoms with E-state index >= 15 is 0 Å². The van der Waals surface area contributed by atoms with Gasteiger partial charge in [0.2, 0.25) is 11.8 Å². The van der Waals surface area contributed by atoms with Crippen LogP contribution in [0.5, 0.6) is 0 Å². The maximum Gasteiger partial charge on any atom is 0.348 e. The Labute approximate surface area is 178 Å². The van der Waals surface area contributed by atoms with Crippen LogP contribution in [0.4, 0.5) is 0 Å². The van der Waals surface area contributed by atoms with Crippen LogP contribution in [-0.4, -0.2) is 62.6 Å². The van der Waals surface area contributed by atoms with E-state index in [1.165, 1.54) is 18.3 Å². The first-order valence-corrected chi connectivity index (χ1v) is 12.0. The lowest BCUT2D eigenvalue weighted by molar-refractivity contribution is -0.137. The van der Waals surface area contributed by atoms with Crippen molar-refractivity contribution in [2.45, 2.75) is 38.6 Å². The Kier molecular flexibility index (Phi) is 7.54. The van der Waals surface area contributed by atoms with E-state index in [1.54, 1.807) is 16.3 Å². The number of thiophene rings is 1. The van der Waals surface area contributed by atoms with Crippen molar-refractivity contribution < 1.29 is 9.59 Å². The van der Waals surface area contributed by atoms with E-state index in [0.717, 1.165) is 29.4 Å². The minimum Gasteiger partial charge on any atom is -0.345 e. The number of nitrogens with one attached hydrogen (secondary N) is 2. The number of carbonyl (C=O) groups is 2. The van der Waals surface area contributed by atoms with Gasteiger partial charge in [-0.05, 0) is 54.7 Å². The quantitative estimate of drug-likeness (QED) is 0.654. The SMILES string of the molecule is CSCCC(NC(C)=O)C(=O)N1CCC(Cc2n[nH]c(=O)n2-c2cccs2)CC1. The van der Waals surface area contributed by atoms with Crippen LogP contribution in [0.3, 0.4) is 0 Å². The minimum absolute atomic E-state index is 0.00274. The molecule has 0 saturated carbocycles. The lowest BCUT2D eigenvalue weighted by atomic mass is 9.92. The molecule has 1 unspecified atom stereocenters. The highest BCUT2D eigenvalue weighted by molar-refractivity contribution is 7.98. The molecule has 0 spiro atoms. The van der Waals surface area contributed by atoms with Crippen LogP contribution in [0.2, 0.25) is 0 Å². The summed E-state index contributed by atoms with van der Waals surface area (Å²) in [6.07, 6.45) is 5.03. The highest BCUT2D eigenvalue weighted by Crippen LogP contribution is 2.23. The lowest BCUT2D eigenvalue weighted by Gasteiger charge is -2.34. The monoisotopic (exact) mass is 437 g/mol.